The normalized spacial score (nSPS) is 10.3. The predicted octanol–water partition coefficient (Wildman–Crippen LogP) is 4.31. The van der Waals surface area contributed by atoms with Gasteiger partial charge in [0.1, 0.15) is 4.99 Å². The Morgan fingerprint density at radius 3 is 2.65 bits per heavy atom. The summed E-state index contributed by atoms with van der Waals surface area (Å²) >= 11 is 12.9. The van der Waals surface area contributed by atoms with Crippen molar-refractivity contribution in [1.29, 1.82) is 0 Å². The number of rotatable bonds is 5. The van der Waals surface area contributed by atoms with Crippen molar-refractivity contribution in [1.82, 2.24) is 0 Å². The molecule has 0 amide bonds. The summed E-state index contributed by atoms with van der Waals surface area (Å²) in [4.78, 5) is 1.47. The van der Waals surface area contributed by atoms with Crippen molar-refractivity contribution in [3.63, 3.8) is 0 Å². The molecule has 104 valence electrons. The van der Waals surface area contributed by atoms with Crippen LogP contribution in [0.4, 0.5) is 5.69 Å². The van der Waals surface area contributed by atoms with Crippen molar-refractivity contribution in [3.8, 4) is 0 Å². The van der Waals surface area contributed by atoms with Crippen LogP contribution in [-0.4, -0.2) is 11.2 Å². The van der Waals surface area contributed by atoms with Crippen molar-refractivity contribution >= 4 is 46.3 Å². The number of nitrogens with one attached hydrogen (secondary N) is 1. The molecule has 3 N–H and O–H groups in total. The highest BCUT2D eigenvalue weighted by atomic mass is 35.5. The van der Waals surface area contributed by atoms with Gasteiger partial charge in [0.05, 0.1) is 0 Å². The summed E-state index contributed by atoms with van der Waals surface area (Å²) in [5.74, 6) is 0. The molecule has 0 unspecified atom stereocenters. The van der Waals surface area contributed by atoms with Crippen LogP contribution in [0.15, 0.2) is 47.4 Å². The molecule has 5 heteroatoms. The van der Waals surface area contributed by atoms with Gasteiger partial charge in [-0.15, -0.1) is 11.8 Å². The van der Waals surface area contributed by atoms with Gasteiger partial charge in [-0.25, -0.2) is 0 Å². The van der Waals surface area contributed by atoms with Crippen LogP contribution in [0.2, 0.25) is 5.02 Å². The zero-order valence-corrected chi connectivity index (χ0v) is 13.4. The predicted molar refractivity (Wildman–Crippen MR) is 92.9 cm³/mol. The fraction of sp³-hybridized carbons (Fsp3) is 0.133. The van der Waals surface area contributed by atoms with E-state index >= 15 is 0 Å². The number of hydrogen-bond acceptors (Lipinski definition) is 3. The minimum absolute atomic E-state index is 0.400. The second-order valence-electron chi connectivity index (χ2n) is 4.19. The number of anilines is 1. The van der Waals surface area contributed by atoms with E-state index in [0.717, 1.165) is 26.7 Å². The molecule has 2 aromatic rings. The van der Waals surface area contributed by atoms with Gasteiger partial charge in [0.2, 0.25) is 0 Å². The molecule has 2 aromatic carbocycles. The highest BCUT2D eigenvalue weighted by molar-refractivity contribution is 7.98. The number of benzene rings is 2. The van der Waals surface area contributed by atoms with Gasteiger partial charge in [-0.3, -0.25) is 0 Å². The van der Waals surface area contributed by atoms with Crippen molar-refractivity contribution in [3.05, 3.63) is 58.6 Å². The number of halogens is 1. The van der Waals surface area contributed by atoms with E-state index < -0.39 is 0 Å². The third-order valence-electron chi connectivity index (χ3n) is 2.92. The highest BCUT2D eigenvalue weighted by Gasteiger charge is 2.10. The summed E-state index contributed by atoms with van der Waals surface area (Å²) in [5, 5.41) is 4.11. The lowest BCUT2D eigenvalue weighted by molar-refractivity contribution is 1.14. The smallest absolute Gasteiger partial charge is 0.107 e. The molecule has 0 saturated carbocycles. The summed E-state index contributed by atoms with van der Waals surface area (Å²) in [7, 11) is 0. The van der Waals surface area contributed by atoms with Crippen molar-refractivity contribution in [2.75, 3.05) is 11.6 Å². The van der Waals surface area contributed by atoms with Crippen LogP contribution in [0.1, 0.15) is 11.1 Å². The van der Waals surface area contributed by atoms with Crippen LogP contribution in [0.3, 0.4) is 0 Å². The maximum atomic E-state index is 6.16. The second-order valence-corrected chi connectivity index (χ2v) is 5.89. The van der Waals surface area contributed by atoms with Crippen LogP contribution in [-0.2, 0) is 6.54 Å². The number of thioether (sulfide) groups is 1. The van der Waals surface area contributed by atoms with E-state index in [4.69, 9.17) is 29.6 Å². The Bertz CT molecular complexity index is 629. The third kappa shape index (κ3) is 3.45. The van der Waals surface area contributed by atoms with Gasteiger partial charge in [-0.2, -0.15) is 0 Å². The minimum Gasteiger partial charge on any atom is -0.389 e. The molecule has 0 aromatic heterocycles. The number of nitrogens with two attached hydrogens (primary N) is 1. The molecule has 0 fully saturated rings. The fourth-order valence-corrected chi connectivity index (χ4v) is 3.06. The summed E-state index contributed by atoms with van der Waals surface area (Å²) in [6.07, 6.45) is 2.01. The summed E-state index contributed by atoms with van der Waals surface area (Å²) in [6.45, 7) is 0.632. The monoisotopic (exact) mass is 322 g/mol. The van der Waals surface area contributed by atoms with E-state index in [1.807, 2.05) is 48.7 Å². The lowest BCUT2D eigenvalue weighted by Gasteiger charge is -2.14. The van der Waals surface area contributed by atoms with Gasteiger partial charge in [0.25, 0.3) is 0 Å². The molecule has 0 radical (unpaired) electrons. The second kappa shape index (κ2) is 6.97. The quantitative estimate of drug-likeness (QED) is 0.635. The average Bonchev–Trinajstić information content (AvgIpc) is 2.45. The number of thiocarbonyl (C=S) groups is 1. The first-order valence-electron chi connectivity index (χ1n) is 6.07. The van der Waals surface area contributed by atoms with E-state index in [9.17, 15) is 0 Å². The molecule has 0 heterocycles. The number of hydrogen-bond donors (Lipinski definition) is 2. The van der Waals surface area contributed by atoms with Crippen LogP contribution >= 0.6 is 35.6 Å². The highest BCUT2D eigenvalue weighted by Crippen LogP contribution is 2.28. The topological polar surface area (TPSA) is 38.0 Å². The Kier molecular flexibility index (Phi) is 5.29. The Morgan fingerprint density at radius 1 is 1.25 bits per heavy atom. The van der Waals surface area contributed by atoms with Gasteiger partial charge in [-0.05, 0) is 30.0 Å². The van der Waals surface area contributed by atoms with Gasteiger partial charge in [0.15, 0.2) is 0 Å². The average molecular weight is 323 g/mol. The van der Waals surface area contributed by atoms with E-state index in [-0.39, 0.29) is 0 Å². The fourth-order valence-electron chi connectivity index (χ4n) is 1.93. The van der Waals surface area contributed by atoms with E-state index in [1.165, 1.54) is 0 Å². The molecule has 0 aliphatic heterocycles. The SMILES string of the molecule is CSc1cccc(NCc2ccccc2Cl)c1C(N)=S. The van der Waals surface area contributed by atoms with E-state index in [2.05, 4.69) is 5.32 Å². The maximum absolute atomic E-state index is 6.16. The summed E-state index contributed by atoms with van der Waals surface area (Å²) in [6, 6.07) is 13.7. The van der Waals surface area contributed by atoms with Crippen molar-refractivity contribution < 1.29 is 0 Å². The third-order valence-corrected chi connectivity index (χ3v) is 4.27. The van der Waals surface area contributed by atoms with Gasteiger partial charge in [-0.1, -0.05) is 48.1 Å². The molecule has 0 bridgehead atoms. The minimum atomic E-state index is 0.400. The lowest BCUT2D eigenvalue weighted by Crippen LogP contribution is -2.14. The van der Waals surface area contributed by atoms with Crippen LogP contribution in [0, 0.1) is 0 Å². The van der Waals surface area contributed by atoms with Gasteiger partial charge in [0, 0.05) is 27.7 Å². The zero-order chi connectivity index (χ0) is 14.5. The lowest BCUT2D eigenvalue weighted by atomic mass is 10.1. The van der Waals surface area contributed by atoms with Crippen LogP contribution in [0.25, 0.3) is 0 Å². The summed E-state index contributed by atoms with van der Waals surface area (Å²) in [5.41, 5.74) is 8.71. The first-order valence-corrected chi connectivity index (χ1v) is 8.08. The van der Waals surface area contributed by atoms with Crippen LogP contribution < -0.4 is 11.1 Å². The molecule has 0 atom stereocenters. The maximum Gasteiger partial charge on any atom is 0.107 e. The van der Waals surface area contributed by atoms with E-state index in [0.29, 0.717) is 11.5 Å². The Labute approximate surface area is 133 Å². The van der Waals surface area contributed by atoms with Gasteiger partial charge >= 0.3 is 0 Å². The first-order chi connectivity index (χ1) is 9.63. The largest absolute Gasteiger partial charge is 0.389 e. The Morgan fingerprint density at radius 2 is 2.00 bits per heavy atom. The summed E-state index contributed by atoms with van der Waals surface area (Å²) < 4.78 is 0. The molecule has 2 nitrogen and oxygen atoms in total. The standard InChI is InChI=1S/C15H15ClN2S2/c1-20-13-8-4-7-12(14(13)15(17)19)18-9-10-5-2-3-6-11(10)16/h2-8,18H,9H2,1H3,(H2,17,19). The molecule has 0 aliphatic rings. The Balaban J connectivity index is 2.26. The first kappa shape index (κ1) is 15.2. The zero-order valence-electron chi connectivity index (χ0n) is 11.0. The molecule has 20 heavy (non-hydrogen) atoms. The molecule has 2 rings (SSSR count). The van der Waals surface area contributed by atoms with Crippen molar-refractivity contribution in [2.45, 2.75) is 11.4 Å². The molecule has 0 spiro atoms. The molecule has 0 saturated heterocycles. The molecule has 0 aliphatic carbocycles. The van der Waals surface area contributed by atoms with Crippen molar-refractivity contribution in [2.24, 2.45) is 5.73 Å². The Hall–Kier alpha value is -1.23. The van der Waals surface area contributed by atoms with Gasteiger partial charge < -0.3 is 11.1 Å². The van der Waals surface area contributed by atoms with E-state index in [1.54, 1.807) is 11.8 Å². The molecular weight excluding hydrogens is 308 g/mol. The molecular formula is C15H15ClN2S2. The van der Waals surface area contributed by atoms with Crippen LogP contribution in [0.5, 0.6) is 0 Å².